The normalized spacial score (nSPS) is 53.5. The van der Waals surface area contributed by atoms with E-state index in [1.54, 1.807) is 0 Å². The zero-order valence-corrected chi connectivity index (χ0v) is 44.3. The van der Waals surface area contributed by atoms with E-state index >= 15 is 0 Å². The molecule has 0 amide bonds. The molecule has 4 saturated carbocycles. The maximum Gasteiger partial charge on any atom is 0.335 e. The Labute approximate surface area is 437 Å². The minimum Gasteiger partial charge on any atom is -0.479 e. The zero-order chi connectivity index (χ0) is 54.9. The lowest BCUT2D eigenvalue weighted by molar-refractivity contribution is -0.390. The first-order valence-electron chi connectivity index (χ1n) is 27.1. The largest absolute Gasteiger partial charge is 0.479 e. The Balaban J connectivity index is 0.994. The molecule has 12 N–H and O–H groups in total. The number of allylic oxidation sites excluding steroid dienone is 2. The third-order valence-electron chi connectivity index (χ3n) is 21.0. The molecule has 9 aliphatic rings. The Hall–Kier alpha value is -2.04. The number of carbonyl (C=O) groups is 2. The maximum absolute atomic E-state index is 14.8. The van der Waals surface area contributed by atoms with Gasteiger partial charge in [-0.15, -0.1) is 0 Å². The van der Waals surface area contributed by atoms with Gasteiger partial charge in [0.15, 0.2) is 25.0 Å². The van der Waals surface area contributed by atoms with Crippen molar-refractivity contribution >= 4 is 11.9 Å². The van der Waals surface area contributed by atoms with Crippen LogP contribution in [-0.4, -0.2) is 209 Å². The van der Waals surface area contributed by atoms with E-state index in [0.717, 1.165) is 32.1 Å². The van der Waals surface area contributed by atoms with E-state index in [1.165, 1.54) is 12.5 Å². The minimum atomic E-state index is -2.04. The van der Waals surface area contributed by atoms with Crippen LogP contribution in [0.2, 0.25) is 0 Å². The van der Waals surface area contributed by atoms with Crippen LogP contribution in [0.3, 0.4) is 0 Å². The van der Waals surface area contributed by atoms with Gasteiger partial charge in [0.25, 0.3) is 0 Å². The zero-order valence-electron chi connectivity index (χ0n) is 44.3. The number of fused-ring (bicyclic) bond motifs is 7. The molecule has 22 nitrogen and oxygen atoms in total. The Bertz CT molecular complexity index is 2120. The van der Waals surface area contributed by atoms with Crippen molar-refractivity contribution in [3.63, 3.8) is 0 Å². The van der Waals surface area contributed by atoms with Crippen LogP contribution in [-0.2, 0) is 47.5 Å². The van der Waals surface area contributed by atoms with Crippen LogP contribution in [0, 0.1) is 50.2 Å². The van der Waals surface area contributed by atoms with Gasteiger partial charge in [-0.25, -0.2) is 4.79 Å². The number of hydrogen-bond donors (Lipinski definition) is 12. The summed E-state index contributed by atoms with van der Waals surface area (Å²) < 4.78 is 48.3. The molecular weight excluding hydrogens is 989 g/mol. The number of ether oxygens (including phenoxy) is 8. The topological polar surface area (TPSA) is 351 Å². The van der Waals surface area contributed by atoms with Gasteiger partial charge in [0, 0.05) is 0 Å². The molecule has 5 aliphatic carbocycles. The van der Waals surface area contributed by atoms with Crippen LogP contribution in [0.1, 0.15) is 120 Å². The summed E-state index contributed by atoms with van der Waals surface area (Å²) in [6.07, 6.45) is -23.3. The molecule has 27 atom stereocenters. The highest BCUT2D eigenvalue weighted by atomic mass is 16.8. The summed E-state index contributed by atoms with van der Waals surface area (Å²) in [5.74, 6) is -2.12. The van der Waals surface area contributed by atoms with Crippen molar-refractivity contribution in [3.05, 3.63) is 11.6 Å². The molecule has 0 radical (unpaired) electrons. The fourth-order valence-electron chi connectivity index (χ4n) is 16.2. The predicted molar refractivity (Wildman–Crippen MR) is 256 cm³/mol. The number of carboxylic acid groups (broad SMARTS) is 1. The van der Waals surface area contributed by atoms with Crippen LogP contribution >= 0.6 is 0 Å². The van der Waals surface area contributed by atoms with Gasteiger partial charge in [-0.1, -0.05) is 60.1 Å². The highest BCUT2D eigenvalue weighted by Gasteiger charge is 2.70. The molecule has 0 spiro atoms. The van der Waals surface area contributed by atoms with E-state index in [1.807, 2.05) is 0 Å². The SMILES string of the molecule is C[C@@H]1O[C@@H](O[C@H]2[C@H](O)[C@@H](C(=O)O)OC(O[C@H]3CC[C@]4(C)[C@H]5CC=C6[C@@H]7CC(C)(C)CC[C@]7(C(=O)O[C@@H]7O[C@H](CO)[C@@H](O)[C@H](O)[C@H]7O)CC[C@@]6(C)[C@]5(C)CC[C@H]4C3(C)C)[C@@H]2O[C@@H]2OC[C@@H](O)[C@H](O)[C@H]2O)[C@H](O)[C@H](O)[C@H]1O. The fraction of sp³-hybridized carbons (Fsp3) is 0.925. The molecule has 8 fully saturated rings. The van der Waals surface area contributed by atoms with Crippen molar-refractivity contribution in [2.45, 2.75) is 242 Å². The highest BCUT2D eigenvalue weighted by Crippen LogP contribution is 2.76. The number of carboxylic acids is 1. The molecule has 0 aromatic rings. The lowest BCUT2D eigenvalue weighted by atomic mass is 9.33. The number of carbonyl (C=O) groups excluding carboxylic acids is 1. The predicted octanol–water partition coefficient (Wildman–Crippen LogP) is -0.276. The lowest BCUT2D eigenvalue weighted by Gasteiger charge is -2.71. The second kappa shape index (κ2) is 20.5. The van der Waals surface area contributed by atoms with Crippen molar-refractivity contribution in [2.75, 3.05) is 13.2 Å². The molecular formula is C53H84O22. The Kier molecular flexibility index (Phi) is 15.8. The van der Waals surface area contributed by atoms with Crippen LogP contribution in [0.4, 0.5) is 0 Å². The molecule has 0 aromatic heterocycles. The Morgan fingerprint density at radius 2 is 1.28 bits per heavy atom. The van der Waals surface area contributed by atoms with Crippen LogP contribution < -0.4 is 0 Å². The van der Waals surface area contributed by atoms with Gasteiger partial charge in [0.2, 0.25) is 6.29 Å². The summed E-state index contributed by atoms with van der Waals surface area (Å²) in [7, 11) is 0. The van der Waals surface area contributed by atoms with Gasteiger partial charge in [0.05, 0.1) is 30.8 Å². The number of esters is 1. The maximum atomic E-state index is 14.8. The first-order valence-corrected chi connectivity index (χ1v) is 27.1. The third-order valence-corrected chi connectivity index (χ3v) is 21.0. The average molecular weight is 1070 g/mol. The number of rotatable bonds is 10. The Morgan fingerprint density at radius 1 is 0.640 bits per heavy atom. The van der Waals surface area contributed by atoms with Crippen molar-refractivity contribution in [2.24, 2.45) is 50.2 Å². The van der Waals surface area contributed by atoms with E-state index in [-0.39, 0.29) is 39.4 Å². The first-order chi connectivity index (χ1) is 35.0. The monoisotopic (exact) mass is 1070 g/mol. The van der Waals surface area contributed by atoms with Crippen LogP contribution in [0.5, 0.6) is 0 Å². The van der Waals surface area contributed by atoms with Gasteiger partial charge < -0.3 is 99.2 Å². The second-order valence-electron chi connectivity index (χ2n) is 25.8. The number of hydrogen-bond acceptors (Lipinski definition) is 21. The second-order valence-corrected chi connectivity index (χ2v) is 25.8. The van der Waals surface area contributed by atoms with Gasteiger partial charge >= 0.3 is 11.9 Å². The lowest BCUT2D eigenvalue weighted by Crippen LogP contribution is -2.68. The van der Waals surface area contributed by atoms with Crippen LogP contribution in [0.15, 0.2) is 11.6 Å². The van der Waals surface area contributed by atoms with Crippen molar-refractivity contribution in [1.82, 2.24) is 0 Å². The molecule has 0 bridgehead atoms. The number of aliphatic carboxylic acids is 1. The average Bonchev–Trinajstić information content (AvgIpc) is 3.34. The molecule has 4 aliphatic heterocycles. The summed E-state index contributed by atoms with van der Waals surface area (Å²) in [5, 5.41) is 128. The van der Waals surface area contributed by atoms with Crippen molar-refractivity contribution < 1.29 is 109 Å². The highest BCUT2D eigenvalue weighted by molar-refractivity contribution is 5.79. The number of aliphatic hydroxyl groups excluding tert-OH is 11. The van der Waals surface area contributed by atoms with Crippen LogP contribution in [0.25, 0.3) is 0 Å². The first kappa shape index (κ1) is 57.6. The van der Waals surface area contributed by atoms with E-state index in [2.05, 4.69) is 54.5 Å². The summed E-state index contributed by atoms with van der Waals surface area (Å²) in [4.78, 5) is 27.6. The van der Waals surface area contributed by atoms with Crippen molar-refractivity contribution in [3.8, 4) is 0 Å². The van der Waals surface area contributed by atoms with Gasteiger partial charge in [-0.3, -0.25) is 4.79 Å². The molecule has 22 heteroatoms. The standard InChI is InChI=1S/C53H84O22/c1-22-30(56)33(59)36(62)44(69-22)72-39-38(64)40(42(65)66)73-46(41(39)74-43-35(61)31(57)25(55)21-68-43)71-29-12-13-50(6)27(49(29,4)5)11-14-52(8)28(50)10-9-23-24-19-48(2,3)15-17-53(24,18-16-51(23,52)7)47(67)75-45-37(63)34(60)32(58)26(20-54)70-45/h9,22,24-41,43-46,54-64H,10-21H2,1-8H3,(H,65,66)/t22-,24-,25+,26+,27-,28+,29-,30-,31-,32+,33+,34-,35+,36+,37+,38-,39-,40-,41+,43-,44-,45-,46?,50-,51+,52+,53-/m0/s1. The molecule has 4 saturated heterocycles. The summed E-state index contributed by atoms with van der Waals surface area (Å²) >= 11 is 0. The van der Waals surface area contributed by atoms with Crippen molar-refractivity contribution in [1.29, 1.82) is 0 Å². The summed E-state index contributed by atoms with van der Waals surface area (Å²) in [5.41, 5.74) is -1.31. The van der Waals surface area contributed by atoms with E-state index in [0.29, 0.717) is 32.1 Å². The van der Waals surface area contributed by atoms with E-state index in [4.69, 9.17) is 37.9 Å². The molecule has 0 aromatic carbocycles. The summed E-state index contributed by atoms with van der Waals surface area (Å²) in [6.45, 7) is 16.0. The molecule has 9 rings (SSSR count). The Morgan fingerprint density at radius 3 is 1.96 bits per heavy atom. The van der Waals surface area contributed by atoms with Gasteiger partial charge in [-0.2, -0.15) is 0 Å². The third kappa shape index (κ3) is 9.36. The van der Waals surface area contributed by atoms with Gasteiger partial charge in [0.1, 0.15) is 79.4 Å². The molecule has 428 valence electrons. The van der Waals surface area contributed by atoms with Gasteiger partial charge in [-0.05, 0) is 116 Å². The number of aliphatic hydroxyl groups is 11. The smallest absolute Gasteiger partial charge is 0.335 e. The fourth-order valence-corrected chi connectivity index (χ4v) is 16.2. The minimum absolute atomic E-state index is 0.0291. The van der Waals surface area contributed by atoms with E-state index in [9.17, 15) is 70.9 Å². The summed E-state index contributed by atoms with van der Waals surface area (Å²) in [6, 6.07) is 0. The van der Waals surface area contributed by atoms with E-state index < -0.39 is 159 Å². The molecule has 75 heavy (non-hydrogen) atoms. The molecule has 4 heterocycles. The quantitative estimate of drug-likeness (QED) is 0.0761. The molecule has 1 unspecified atom stereocenters.